The molecule has 1 amide bonds. The number of primary amides is 1. The standard InChI is InChI=1S/C15H24N4O2.HI/c1-4-17-14(19-8-7-15(2,3)10-19)18-9-11-5-6-12(21-11)13(16)20;/h5-6H,4,7-10H2,1-3H3,(H2,16,20)(H,17,18);1H. The topological polar surface area (TPSA) is 83.9 Å². The van der Waals surface area contributed by atoms with Crippen molar-refractivity contribution in [2.45, 2.75) is 33.7 Å². The Morgan fingerprint density at radius 2 is 2.23 bits per heavy atom. The molecule has 2 rings (SSSR count). The molecule has 124 valence electrons. The van der Waals surface area contributed by atoms with Crippen LogP contribution in [0.2, 0.25) is 0 Å². The Balaban J connectivity index is 0.00000242. The normalized spacial score (nSPS) is 17.2. The number of guanidine groups is 1. The van der Waals surface area contributed by atoms with Gasteiger partial charge in [0.15, 0.2) is 11.7 Å². The van der Waals surface area contributed by atoms with E-state index in [2.05, 4.69) is 36.0 Å². The summed E-state index contributed by atoms with van der Waals surface area (Å²) < 4.78 is 5.35. The van der Waals surface area contributed by atoms with Crippen molar-refractivity contribution < 1.29 is 9.21 Å². The summed E-state index contributed by atoms with van der Waals surface area (Å²) in [5.74, 6) is 1.14. The molecule has 1 fully saturated rings. The first kappa shape index (κ1) is 18.8. The van der Waals surface area contributed by atoms with Gasteiger partial charge in [-0.15, -0.1) is 24.0 Å². The molecule has 1 aliphatic heterocycles. The van der Waals surface area contributed by atoms with Gasteiger partial charge in [-0.25, -0.2) is 4.99 Å². The van der Waals surface area contributed by atoms with Crippen LogP contribution in [0.4, 0.5) is 0 Å². The molecule has 0 aromatic carbocycles. The van der Waals surface area contributed by atoms with Crippen molar-refractivity contribution in [3.63, 3.8) is 0 Å². The number of furan rings is 1. The Labute approximate surface area is 148 Å². The highest BCUT2D eigenvalue weighted by atomic mass is 127. The fraction of sp³-hybridized carbons (Fsp3) is 0.600. The van der Waals surface area contributed by atoms with Crippen molar-refractivity contribution in [3.8, 4) is 0 Å². The van der Waals surface area contributed by atoms with Crippen LogP contribution in [0.5, 0.6) is 0 Å². The second-order valence-electron chi connectivity index (χ2n) is 6.14. The summed E-state index contributed by atoms with van der Waals surface area (Å²) in [4.78, 5) is 17.9. The molecule has 22 heavy (non-hydrogen) atoms. The lowest BCUT2D eigenvalue weighted by Gasteiger charge is -2.23. The predicted octanol–water partition coefficient (Wildman–Crippen LogP) is 2.19. The number of nitrogens with two attached hydrogens (primary N) is 1. The average molecular weight is 420 g/mol. The van der Waals surface area contributed by atoms with Gasteiger partial charge < -0.3 is 20.4 Å². The van der Waals surface area contributed by atoms with Crippen LogP contribution in [0.3, 0.4) is 0 Å². The fourth-order valence-electron chi connectivity index (χ4n) is 2.47. The Morgan fingerprint density at radius 1 is 1.50 bits per heavy atom. The van der Waals surface area contributed by atoms with Crippen LogP contribution in [-0.4, -0.2) is 36.4 Å². The van der Waals surface area contributed by atoms with Crippen molar-refractivity contribution in [3.05, 3.63) is 23.7 Å². The quantitative estimate of drug-likeness (QED) is 0.445. The molecule has 2 heterocycles. The van der Waals surface area contributed by atoms with E-state index in [9.17, 15) is 4.79 Å². The Hall–Kier alpha value is -1.25. The summed E-state index contributed by atoms with van der Waals surface area (Å²) in [5.41, 5.74) is 5.49. The molecule has 7 heteroatoms. The molecule has 0 spiro atoms. The van der Waals surface area contributed by atoms with Crippen molar-refractivity contribution in [2.24, 2.45) is 16.1 Å². The lowest BCUT2D eigenvalue weighted by Crippen LogP contribution is -2.40. The van der Waals surface area contributed by atoms with Gasteiger partial charge in [-0.1, -0.05) is 13.8 Å². The van der Waals surface area contributed by atoms with Gasteiger partial charge in [0.1, 0.15) is 12.3 Å². The van der Waals surface area contributed by atoms with E-state index < -0.39 is 5.91 Å². The number of amides is 1. The first-order chi connectivity index (χ1) is 9.91. The van der Waals surface area contributed by atoms with Crippen LogP contribution in [0.1, 0.15) is 43.5 Å². The van der Waals surface area contributed by atoms with Gasteiger partial charge in [0.2, 0.25) is 0 Å². The third-order valence-electron chi connectivity index (χ3n) is 3.60. The van der Waals surface area contributed by atoms with Crippen LogP contribution >= 0.6 is 24.0 Å². The molecule has 1 aliphatic rings. The van der Waals surface area contributed by atoms with Gasteiger partial charge in [-0.3, -0.25) is 4.79 Å². The Kier molecular flexibility index (Phi) is 6.70. The number of nitrogens with zero attached hydrogens (tertiary/aromatic N) is 2. The van der Waals surface area contributed by atoms with Gasteiger partial charge in [-0.05, 0) is 30.9 Å². The Morgan fingerprint density at radius 3 is 2.73 bits per heavy atom. The third kappa shape index (κ3) is 4.89. The molecule has 6 nitrogen and oxygen atoms in total. The minimum Gasteiger partial charge on any atom is -0.454 e. The van der Waals surface area contributed by atoms with E-state index in [1.165, 1.54) is 0 Å². The molecule has 0 atom stereocenters. The monoisotopic (exact) mass is 420 g/mol. The fourth-order valence-corrected chi connectivity index (χ4v) is 2.47. The number of hydrogen-bond donors (Lipinski definition) is 2. The summed E-state index contributed by atoms with van der Waals surface area (Å²) in [7, 11) is 0. The zero-order chi connectivity index (χ0) is 15.5. The van der Waals surface area contributed by atoms with Crippen molar-refractivity contribution in [1.82, 2.24) is 10.2 Å². The number of carbonyl (C=O) groups is 1. The van der Waals surface area contributed by atoms with E-state index in [0.29, 0.717) is 17.7 Å². The summed E-state index contributed by atoms with van der Waals surface area (Å²) in [6.07, 6.45) is 1.16. The minimum atomic E-state index is -0.557. The summed E-state index contributed by atoms with van der Waals surface area (Å²) in [6.45, 7) is 9.79. The molecule has 1 saturated heterocycles. The van der Waals surface area contributed by atoms with Gasteiger partial charge >= 0.3 is 0 Å². The zero-order valence-electron chi connectivity index (χ0n) is 13.4. The number of rotatable bonds is 4. The van der Waals surface area contributed by atoms with E-state index in [0.717, 1.165) is 32.0 Å². The van der Waals surface area contributed by atoms with Crippen molar-refractivity contribution >= 4 is 35.8 Å². The van der Waals surface area contributed by atoms with Crippen LogP contribution in [-0.2, 0) is 6.54 Å². The van der Waals surface area contributed by atoms with Gasteiger partial charge in [0.25, 0.3) is 5.91 Å². The van der Waals surface area contributed by atoms with Crippen molar-refractivity contribution in [2.75, 3.05) is 19.6 Å². The second-order valence-corrected chi connectivity index (χ2v) is 6.14. The number of carbonyl (C=O) groups excluding carboxylic acids is 1. The van der Waals surface area contributed by atoms with E-state index in [1.807, 2.05) is 0 Å². The maximum Gasteiger partial charge on any atom is 0.284 e. The number of nitrogens with one attached hydrogen (secondary N) is 1. The molecule has 0 radical (unpaired) electrons. The number of aliphatic imine (C=N–C) groups is 1. The van der Waals surface area contributed by atoms with Crippen LogP contribution < -0.4 is 11.1 Å². The summed E-state index contributed by atoms with van der Waals surface area (Å²) in [5, 5.41) is 3.30. The highest BCUT2D eigenvalue weighted by Gasteiger charge is 2.30. The van der Waals surface area contributed by atoms with Crippen LogP contribution in [0.25, 0.3) is 0 Å². The van der Waals surface area contributed by atoms with E-state index >= 15 is 0 Å². The molecule has 0 saturated carbocycles. The van der Waals surface area contributed by atoms with Gasteiger partial charge in [0.05, 0.1) is 0 Å². The lowest BCUT2D eigenvalue weighted by atomic mass is 9.93. The molecule has 1 aromatic heterocycles. The second kappa shape index (κ2) is 7.85. The molecule has 0 unspecified atom stereocenters. The van der Waals surface area contributed by atoms with Crippen molar-refractivity contribution in [1.29, 1.82) is 0 Å². The molecular formula is C15H25IN4O2. The molecule has 0 bridgehead atoms. The lowest BCUT2D eigenvalue weighted by molar-refractivity contribution is 0.0972. The minimum absolute atomic E-state index is 0. The summed E-state index contributed by atoms with van der Waals surface area (Å²) >= 11 is 0. The van der Waals surface area contributed by atoms with Gasteiger partial charge in [0, 0.05) is 19.6 Å². The van der Waals surface area contributed by atoms with E-state index in [-0.39, 0.29) is 29.7 Å². The maximum atomic E-state index is 11.0. The largest absolute Gasteiger partial charge is 0.454 e. The van der Waals surface area contributed by atoms with E-state index in [4.69, 9.17) is 10.2 Å². The zero-order valence-corrected chi connectivity index (χ0v) is 15.7. The molecule has 0 aliphatic carbocycles. The average Bonchev–Trinajstić information content (AvgIpc) is 3.01. The number of hydrogen-bond acceptors (Lipinski definition) is 3. The summed E-state index contributed by atoms with van der Waals surface area (Å²) in [6, 6.07) is 3.32. The maximum absolute atomic E-state index is 11.0. The first-order valence-corrected chi connectivity index (χ1v) is 7.33. The first-order valence-electron chi connectivity index (χ1n) is 7.33. The predicted molar refractivity (Wildman–Crippen MR) is 97.4 cm³/mol. The molecular weight excluding hydrogens is 395 g/mol. The highest BCUT2D eigenvalue weighted by Crippen LogP contribution is 2.28. The van der Waals surface area contributed by atoms with Crippen LogP contribution in [0, 0.1) is 5.41 Å². The molecule has 3 N–H and O–H groups in total. The third-order valence-corrected chi connectivity index (χ3v) is 3.60. The highest BCUT2D eigenvalue weighted by molar-refractivity contribution is 14.0. The SMILES string of the molecule is CCNC(=NCc1ccc(C(N)=O)o1)N1CCC(C)(C)C1.I. The number of halogens is 1. The van der Waals surface area contributed by atoms with E-state index in [1.54, 1.807) is 12.1 Å². The number of likely N-dealkylation sites (tertiary alicyclic amines) is 1. The van der Waals surface area contributed by atoms with Gasteiger partial charge in [-0.2, -0.15) is 0 Å². The Bertz CT molecular complexity index is 539. The smallest absolute Gasteiger partial charge is 0.284 e. The van der Waals surface area contributed by atoms with Crippen LogP contribution in [0.15, 0.2) is 21.5 Å². The molecule has 1 aromatic rings.